The van der Waals surface area contributed by atoms with Crippen LogP contribution >= 0.6 is 12.4 Å². The molecule has 1 saturated heterocycles. The molecule has 100 valence electrons. The Bertz CT molecular complexity index is 439. The summed E-state index contributed by atoms with van der Waals surface area (Å²) < 4.78 is 13.1. The summed E-state index contributed by atoms with van der Waals surface area (Å²) in [5.74, 6) is -0.281. The molecule has 2 rings (SSSR count). The minimum Gasteiger partial charge on any atom is -0.336 e. The molecule has 1 aliphatic heterocycles. The maximum atomic E-state index is 13.1. The Morgan fingerprint density at radius 1 is 1.50 bits per heavy atom. The average Bonchev–Trinajstić information content (AvgIpc) is 2.32. The number of amides is 1. The molecule has 0 unspecified atom stereocenters. The Morgan fingerprint density at radius 2 is 2.22 bits per heavy atom. The van der Waals surface area contributed by atoms with Crippen LogP contribution in [0.1, 0.15) is 22.8 Å². The van der Waals surface area contributed by atoms with Gasteiger partial charge in [-0.25, -0.2) is 4.39 Å². The zero-order valence-electron chi connectivity index (χ0n) is 10.6. The Kier molecular flexibility index (Phi) is 5.11. The van der Waals surface area contributed by atoms with Crippen LogP contribution in [-0.4, -0.2) is 36.5 Å². The maximum Gasteiger partial charge on any atom is 0.253 e. The first-order chi connectivity index (χ1) is 8.08. The largest absolute Gasteiger partial charge is 0.336 e. The lowest BCUT2D eigenvalue weighted by Crippen LogP contribution is -2.51. The first kappa shape index (κ1) is 14.9. The van der Waals surface area contributed by atoms with Crippen LogP contribution in [0.25, 0.3) is 0 Å². The quantitative estimate of drug-likeness (QED) is 0.848. The van der Waals surface area contributed by atoms with Crippen LogP contribution in [0.15, 0.2) is 18.2 Å². The summed E-state index contributed by atoms with van der Waals surface area (Å²) in [5.41, 5.74) is 1.08. The van der Waals surface area contributed by atoms with Crippen molar-refractivity contribution in [1.82, 2.24) is 10.2 Å². The molecule has 1 aliphatic rings. The van der Waals surface area contributed by atoms with E-state index >= 15 is 0 Å². The van der Waals surface area contributed by atoms with Gasteiger partial charge in [0.05, 0.1) is 0 Å². The van der Waals surface area contributed by atoms with E-state index in [9.17, 15) is 9.18 Å². The normalized spacial score (nSPS) is 19.3. The maximum absolute atomic E-state index is 13.1. The smallest absolute Gasteiger partial charge is 0.253 e. The summed E-state index contributed by atoms with van der Waals surface area (Å²) in [6, 6.07) is 4.84. The molecule has 0 radical (unpaired) electrons. The highest BCUT2D eigenvalue weighted by Gasteiger charge is 2.21. The van der Waals surface area contributed by atoms with E-state index in [1.54, 1.807) is 19.1 Å². The average molecular weight is 273 g/mol. The topological polar surface area (TPSA) is 32.3 Å². The van der Waals surface area contributed by atoms with E-state index in [4.69, 9.17) is 0 Å². The van der Waals surface area contributed by atoms with Crippen molar-refractivity contribution in [3.63, 3.8) is 0 Å². The number of rotatable bonds is 1. The third-order valence-corrected chi connectivity index (χ3v) is 3.06. The number of hydrogen-bond acceptors (Lipinski definition) is 2. The van der Waals surface area contributed by atoms with Crippen molar-refractivity contribution in [2.24, 2.45) is 0 Å². The molecule has 1 fully saturated rings. The molecule has 1 heterocycles. The molecule has 1 N–H and O–H groups in total. The fourth-order valence-electron chi connectivity index (χ4n) is 2.08. The van der Waals surface area contributed by atoms with E-state index < -0.39 is 0 Å². The molecule has 0 aromatic heterocycles. The van der Waals surface area contributed by atoms with Crippen LogP contribution < -0.4 is 5.32 Å². The Hall–Kier alpha value is -1.13. The van der Waals surface area contributed by atoms with Crippen molar-refractivity contribution in [3.05, 3.63) is 35.1 Å². The highest BCUT2D eigenvalue weighted by molar-refractivity contribution is 5.94. The van der Waals surface area contributed by atoms with Crippen molar-refractivity contribution in [2.45, 2.75) is 19.9 Å². The van der Waals surface area contributed by atoms with Gasteiger partial charge in [-0.2, -0.15) is 0 Å². The van der Waals surface area contributed by atoms with Gasteiger partial charge in [0.1, 0.15) is 5.82 Å². The van der Waals surface area contributed by atoms with Crippen LogP contribution in [0, 0.1) is 12.7 Å². The van der Waals surface area contributed by atoms with E-state index in [2.05, 4.69) is 12.2 Å². The van der Waals surface area contributed by atoms with Gasteiger partial charge in [-0.1, -0.05) is 0 Å². The summed E-state index contributed by atoms with van der Waals surface area (Å²) in [5, 5.41) is 3.28. The van der Waals surface area contributed by atoms with Gasteiger partial charge in [0.25, 0.3) is 5.91 Å². The van der Waals surface area contributed by atoms with Crippen molar-refractivity contribution in [2.75, 3.05) is 19.6 Å². The fourth-order valence-corrected chi connectivity index (χ4v) is 2.08. The minimum absolute atomic E-state index is 0. The molecule has 1 aromatic carbocycles. The number of hydrogen-bond donors (Lipinski definition) is 1. The molecule has 0 aliphatic carbocycles. The van der Waals surface area contributed by atoms with Gasteiger partial charge >= 0.3 is 0 Å². The van der Waals surface area contributed by atoms with Crippen molar-refractivity contribution in [3.8, 4) is 0 Å². The van der Waals surface area contributed by atoms with E-state index in [0.29, 0.717) is 30.3 Å². The number of nitrogens with one attached hydrogen (secondary N) is 1. The van der Waals surface area contributed by atoms with Crippen molar-refractivity contribution >= 4 is 18.3 Å². The van der Waals surface area contributed by atoms with Crippen LogP contribution in [0.3, 0.4) is 0 Å². The molecule has 0 bridgehead atoms. The molecular weight excluding hydrogens is 255 g/mol. The van der Waals surface area contributed by atoms with E-state index in [-0.39, 0.29) is 24.1 Å². The predicted octanol–water partition coefficient (Wildman–Crippen LogP) is 1.99. The Morgan fingerprint density at radius 3 is 2.83 bits per heavy atom. The Labute approximate surface area is 113 Å². The lowest BCUT2D eigenvalue weighted by Gasteiger charge is -2.32. The van der Waals surface area contributed by atoms with Gasteiger partial charge in [0.15, 0.2) is 0 Å². The summed E-state index contributed by atoms with van der Waals surface area (Å²) in [7, 11) is 0. The predicted molar refractivity (Wildman–Crippen MR) is 71.8 cm³/mol. The summed E-state index contributed by atoms with van der Waals surface area (Å²) in [4.78, 5) is 14.0. The summed E-state index contributed by atoms with van der Waals surface area (Å²) in [6.45, 7) is 5.95. The summed E-state index contributed by atoms with van der Waals surface area (Å²) in [6.07, 6.45) is 0. The van der Waals surface area contributed by atoms with Gasteiger partial charge in [-0.05, 0) is 37.6 Å². The number of benzene rings is 1. The highest BCUT2D eigenvalue weighted by Crippen LogP contribution is 2.12. The molecule has 0 spiro atoms. The van der Waals surface area contributed by atoms with E-state index in [1.807, 2.05) is 4.90 Å². The molecule has 3 nitrogen and oxygen atoms in total. The van der Waals surface area contributed by atoms with Crippen LogP contribution in [0.2, 0.25) is 0 Å². The molecule has 5 heteroatoms. The second-order valence-electron chi connectivity index (χ2n) is 4.57. The van der Waals surface area contributed by atoms with Gasteiger partial charge in [0, 0.05) is 31.2 Å². The molecule has 18 heavy (non-hydrogen) atoms. The van der Waals surface area contributed by atoms with Gasteiger partial charge in [-0.3, -0.25) is 4.79 Å². The standard InChI is InChI=1S/C13H17FN2O.ClH/c1-9-7-11(3-4-12(9)14)13(17)16-6-5-15-10(2)8-16;/h3-4,7,10,15H,5-6,8H2,1-2H3;1H/t10-;/m1./s1. The number of nitrogens with zero attached hydrogens (tertiary/aromatic N) is 1. The number of piperazine rings is 1. The lowest BCUT2D eigenvalue weighted by molar-refractivity contribution is 0.0709. The van der Waals surface area contributed by atoms with Gasteiger partial charge < -0.3 is 10.2 Å². The van der Waals surface area contributed by atoms with E-state index in [0.717, 1.165) is 6.54 Å². The third-order valence-electron chi connectivity index (χ3n) is 3.06. The molecule has 1 atom stereocenters. The minimum atomic E-state index is -0.268. The second-order valence-corrected chi connectivity index (χ2v) is 4.57. The van der Waals surface area contributed by atoms with Gasteiger partial charge in [-0.15, -0.1) is 12.4 Å². The fraction of sp³-hybridized carbons (Fsp3) is 0.462. The number of halogens is 2. The monoisotopic (exact) mass is 272 g/mol. The molecule has 0 saturated carbocycles. The Balaban J connectivity index is 0.00000162. The highest BCUT2D eigenvalue weighted by atomic mass is 35.5. The number of carbonyl (C=O) groups is 1. The zero-order valence-corrected chi connectivity index (χ0v) is 11.4. The van der Waals surface area contributed by atoms with Crippen molar-refractivity contribution in [1.29, 1.82) is 0 Å². The van der Waals surface area contributed by atoms with Gasteiger partial charge in [0.2, 0.25) is 0 Å². The summed E-state index contributed by atoms with van der Waals surface area (Å²) >= 11 is 0. The first-order valence-electron chi connectivity index (χ1n) is 5.87. The molecule has 1 aromatic rings. The van der Waals surface area contributed by atoms with Crippen molar-refractivity contribution < 1.29 is 9.18 Å². The number of carbonyl (C=O) groups excluding carboxylic acids is 1. The first-order valence-corrected chi connectivity index (χ1v) is 5.87. The third kappa shape index (κ3) is 3.21. The molecule has 1 amide bonds. The zero-order chi connectivity index (χ0) is 12.4. The van der Waals surface area contributed by atoms with E-state index in [1.165, 1.54) is 6.07 Å². The second kappa shape index (κ2) is 6.16. The number of aryl methyl sites for hydroxylation is 1. The van der Waals surface area contributed by atoms with Crippen LogP contribution in [0.4, 0.5) is 4.39 Å². The SMILES string of the molecule is Cc1cc(C(=O)N2CCN[C@H](C)C2)ccc1F.Cl. The lowest BCUT2D eigenvalue weighted by atomic mass is 10.1. The molecular formula is C13H18ClFN2O. The van der Waals surface area contributed by atoms with Crippen LogP contribution in [0.5, 0.6) is 0 Å². The van der Waals surface area contributed by atoms with Crippen LogP contribution in [-0.2, 0) is 0 Å².